The molecule has 0 atom stereocenters. The van der Waals surface area contributed by atoms with Gasteiger partial charge in [0.25, 0.3) is 0 Å². The van der Waals surface area contributed by atoms with E-state index in [1.807, 2.05) is 4.90 Å². The molecule has 9 nitrogen and oxygen atoms in total. The zero-order valence-electron chi connectivity index (χ0n) is 14.9. The number of likely N-dealkylation sites (N-methyl/N-ethyl adjacent to an activating group) is 1. The molecule has 2 fully saturated rings. The number of aromatic nitrogens is 2. The number of nitro groups is 1. The zero-order valence-corrected chi connectivity index (χ0v) is 14.9. The van der Waals surface area contributed by atoms with Gasteiger partial charge in [-0.3, -0.25) is 10.1 Å². The third-order valence-electron chi connectivity index (χ3n) is 4.96. The molecule has 1 N–H and O–H groups in total. The highest BCUT2D eigenvalue weighted by molar-refractivity contribution is 5.70. The molecule has 0 amide bonds. The molecule has 3 rings (SSSR count). The Hall–Kier alpha value is -2.00. The summed E-state index contributed by atoms with van der Waals surface area (Å²) in [6, 6.07) is 0. The van der Waals surface area contributed by atoms with Gasteiger partial charge in [0.05, 0.1) is 4.92 Å². The van der Waals surface area contributed by atoms with Gasteiger partial charge in [-0.15, -0.1) is 0 Å². The lowest BCUT2D eigenvalue weighted by molar-refractivity contribution is -0.383. The van der Waals surface area contributed by atoms with Gasteiger partial charge in [-0.1, -0.05) is 6.42 Å². The summed E-state index contributed by atoms with van der Waals surface area (Å²) in [5.74, 6) is 0.750. The molecule has 2 aliphatic heterocycles. The van der Waals surface area contributed by atoms with E-state index in [1.165, 1.54) is 25.6 Å². The first kappa shape index (κ1) is 17.8. The normalized spacial score (nSPS) is 19.8. The summed E-state index contributed by atoms with van der Waals surface area (Å²) < 4.78 is 0. The molecular formula is C16H27N7O2. The van der Waals surface area contributed by atoms with Crippen LogP contribution >= 0.6 is 0 Å². The Labute approximate surface area is 148 Å². The summed E-state index contributed by atoms with van der Waals surface area (Å²) in [5, 5.41) is 14.8. The Kier molecular flexibility index (Phi) is 5.98. The van der Waals surface area contributed by atoms with E-state index < -0.39 is 0 Å². The monoisotopic (exact) mass is 349 g/mol. The van der Waals surface area contributed by atoms with Crippen molar-refractivity contribution in [2.45, 2.75) is 19.3 Å². The van der Waals surface area contributed by atoms with Crippen molar-refractivity contribution < 1.29 is 4.92 Å². The number of nitrogens with one attached hydrogen (secondary N) is 1. The van der Waals surface area contributed by atoms with E-state index in [2.05, 4.69) is 32.1 Å². The van der Waals surface area contributed by atoms with Gasteiger partial charge in [0.1, 0.15) is 6.33 Å². The van der Waals surface area contributed by atoms with Gasteiger partial charge in [-0.2, -0.15) is 0 Å². The third-order valence-corrected chi connectivity index (χ3v) is 4.96. The van der Waals surface area contributed by atoms with Crippen molar-refractivity contribution in [1.82, 2.24) is 19.8 Å². The number of piperidine rings is 1. The van der Waals surface area contributed by atoms with Crippen LogP contribution in [0.25, 0.3) is 0 Å². The highest BCUT2D eigenvalue weighted by Crippen LogP contribution is 2.32. The predicted molar refractivity (Wildman–Crippen MR) is 97.2 cm³/mol. The van der Waals surface area contributed by atoms with E-state index in [4.69, 9.17) is 0 Å². The first-order chi connectivity index (χ1) is 12.1. The van der Waals surface area contributed by atoms with E-state index in [1.54, 1.807) is 0 Å². The van der Waals surface area contributed by atoms with Crippen molar-refractivity contribution in [2.24, 2.45) is 0 Å². The van der Waals surface area contributed by atoms with Crippen LogP contribution in [0, 0.1) is 10.1 Å². The smallest absolute Gasteiger partial charge is 0.353 e. The minimum Gasteiger partial charge on any atom is -0.363 e. The van der Waals surface area contributed by atoms with Gasteiger partial charge in [-0.05, 0) is 33.0 Å². The summed E-state index contributed by atoms with van der Waals surface area (Å²) in [6.45, 7) is 6.98. The quantitative estimate of drug-likeness (QED) is 0.602. The molecule has 0 radical (unpaired) electrons. The molecule has 138 valence electrons. The largest absolute Gasteiger partial charge is 0.363 e. The van der Waals surface area contributed by atoms with E-state index >= 15 is 0 Å². The van der Waals surface area contributed by atoms with E-state index in [9.17, 15) is 10.1 Å². The molecule has 1 aromatic rings. The van der Waals surface area contributed by atoms with Gasteiger partial charge >= 0.3 is 5.69 Å². The number of rotatable bonds is 6. The Balaban J connectivity index is 1.68. The lowest BCUT2D eigenvalue weighted by atomic mass is 10.1. The summed E-state index contributed by atoms with van der Waals surface area (Å²) in [7, 11) is 2.05. The van der Waals surface area contributed by atoms with E-state index in [-0.39, 0.29) is 10.6 Å². The highest BCUT2D eigenvalue weighted by atomic mass is 16.6. The minimum absolute atomic E-state index is 0.00861. The fraction of sp³-hybridized carbons (Fsp3) is 0.750. The van der Waals surface area contributed by atoms with Crippen molar-refractivity contribution in [3.63, 3.8) is 0 Å². The SMILES string of the molecule is CN1CCN(c2ncnc(NCCN3CCCCC3)c2[N+](=O)[O-])CC1. The Morgan fingerprint density at radius 3 is 2.52 bits per heavy atom. The van der Waals surface area contributed by atoms with Crippen LogP contribution in [-0.4, -0.2) is 84.1 Å². The van der Waals surface area contributed by atoms with Crippen molar-refractivity contribution in [1.29, 1.82) is 0 Å². The second-order valence-corrected chi connectivity index (χ2v) is 6.77. The fourth-order valence-electron chi connectivity index (χ4n) is 3.43. The maximum Gasteiger partial charge on any atom is 0.353 e. The summed E-state index contributed by atoms with van der Waals surface area (Å²) >= 11 is 0. The molecule has 0 unspecified atom stereocenters. The van der Waals surface area contributed by atoms with Crippen LogP contribution < -0.4 is 10.2 Å². The van der Waals surface area contributed by atoms with Crippen molar-refractivity contribution in [3.05, 3.63) is 16.4 Å². The topological polar surface area (TPSA) is 90.7 Å². The Morgan fingerprint density at radius 1 is 1.12 bits per heavy atom. The second kappa shape index (κ2) is 8.39. The standard InChI is InChI=1S/C16H27N7O2/c1-20-9-11-22(12-10-20)16-14(23(24)25)15(18-13-19-16)17-5-8-21-6-3-2-4-7-21/h13H,2-12H2,1H3,(H,17,18,19). The van der Waals surface area contributed by atoms with Crippen molar-refractivity contribution in [2.75, 3.05) is 69.6 Å². The molecule has 0 bridgehead atoms. The fourth-order valence-corrected chi connectivity index (χ4v) is 3.43. The number of hydrogen-bond donors (Lipinski definition) is 1. The molecule has 25 heavy (non-hydrogen) atoms. The summed E-state index contributed by atoms with van der Waals surface area (Å²) in [4.78, 5) is 26.2. The highest BCUT2D eigenvalue weighted by Gasteiger charge is 2.28. The van der Waals surface area contributed by atoms with E-state index in [0.29, 0.717) is 18.2 Å². The second-order valence-electron chi connectivity index (χ2n) is 6.77. The molecule has 0 saturated carbocycles. The Morgan fingerprint density at radius 2 is 1.84 bits per heavy atom. The van der Waals surface area contributed by atoms with Crippen molar-refractivity contribution >= 4 is 17.3 Å². The Bertz CT molecular complexity index is 584. The lowest BCUT2D eigenvalue weighted by Crippen LogP contribution is -2.45. The third kappa shape index (κ3) is 4.55. The minimum atomic E-state index is -0.364. The van der Waals surface area contributed by atoms with Gasteiger partial charge in [0.2, 0.25) is 11.6 Å². The number of piperazine rings is 1. The van der Waals surface area contributed by atoms with Gasteiger partial charge in [0.15, 0.2) is 0 Å². The molecule has 3 heterocycles. The van der Waals surface area contributed by atoms with Crippen LogP contribution in [-0.2, 0) is 0 Å². The number of hydrogen-bond acceptors (Lipinski definition) is 8. The first-order valence-corrected chi connectivity index (χ1v) is 9.04. The number of nitrogens with zero attached hydrogens (tertiary/aromatic N) is 6. The summed E-state index contributed by atoms with van der Waals surface area (Å²) in [5.41, 5.74) is -0.00861. The van der Waals surface area contributed by atoms with Crippen LogP contribution in [0.5, 0.6) is 0 Å². The zero-order chi connectivity index (χ0) is 17.6. The maximum absolute atomic E-state index is 11.7. The predicted octanol–water partition coefficient (Wildman–Crippen LogP) is 1.03. The average molecular weight is 349 g/mol. The molecule has 9 heteroatoms. The molecule has 1 aromatic heterocycles. The van der Waals surface area contributed by atoms with Gasteiger partial charge in [0, 0.05) is 39.3 Å². The molecule has 0 aromatic carbocycles. The molecule has 2 saturated heterocycles. The van der Waals surface area contributed by atoms with Crippen LogP contribution in [0.4, 0.5) is 17.3 Å². The molecular weight excluding hydrogens is 322 g/mol. The van der Waals surface area contributed by atoms with Gasteiger partial charge in [-0.25, -0.2) is 9.97 Å². The number of likely N-dealkylation sites (tertiary alicyclic amines) is 1. The first-order valence-electron chi connectivity index (χ1n) is 9.04. The molecule has 0 aliphatic carbocycles. The van der Waals surface area contributed by atoms with Crippen LogP contribution in [0.3, 0.4) is 0 Å². The maximum atomic E-state index is 11.7. The van der Waals surface area contributed by atoms with Crippen molar-refractivity contribution in [3.8, 4) is 0 Å². The van der Waals surface area contributed by atoms with Crippen LogP contribution in [0.15, 0.2) is 6.33 Å². The van der Waals surface area contributed by atoms with Gasteiger partial charge < -0.3 is 20.0 Å². The molecule has 2 aliphatic rings. The lowest BCUT2D eigenvalue weighted by Gasteiger charge is -2.32. The van der Waals surface area contributed by atoms with Crippen LogP contribution in [0.2, 0.25) is 0 Å². The van der Waals surface area contributed by atoms with E-state index in [0.717, 1.165) is 45.8 Å². The number of anilines is 2. The van der Waals surface area contributed by atoms with Crippen LogP contribution in [0.1, 0.15) is 19.3 Å². The summed E-state index contributed by atoms with van der Waals surface area (Å²) in [6.07, 6.45) is 5.20. The molecule has 0 spiro atoms. The average Bonchev–Trinajstić information content (AvgIpc) is 2.63.